The SMILES string of the molecule is Cc1nn(-c2ccc(F)cc2)c(Cl)c1/C=N\NC(=O)c1ccccc1. The molecule has 0 atom stereocenters. The van der Waals surface area contributed by atoms with E-state index < -0.39 is 0 Å². The summed E-state index contributed by atoms with van der Waals surface area (Å²) in [5.74, 6) is -0.661. The number of amides is 1. The van der Waals surface area contributed by atoms with Gasteiger partial charge in [-0.3, -0.25) is 4.79 Å². The zero-order valence-corrected chi connectivity index (χ0v) is 14.0. The molecule has 2 aromatic carbocycles. The van der Waals surface area contributed by atoms with Crippen LogP contribution in [-0.4, -0.2) is 21.9 Å². The molecule has 7 heteroatoms. The largest absolute Gasteiger partial charge is 0.271 e. The smallest absolute Gasteiger partial charge is 0.267 e. The van der Waals surface area contributed by atoms with E-state index >= 15 is 0 Å². The number of aromatic nitrogens is 2. The fraction of sp³-hybridized carbons (Fsp3) is 0.0556. The van der Waals surface area contributed by atoms with Crippen LogP contribution in [0, 0.1) is 12.7 Å². The summed E-state index contributed by atoms with van der Waals surface area (Å²) < 4.78 is 14.5. The molecule has 0 bridgehead atoms. The Morgan fingerprint density at radius 1 is 1.20 bits per heavy atom. The number of nitrogens with zero attached hydrogens (tertiary/aromatic N) is 3. The van der Waals surface area contributed by atoms with Crippen molar-refractivity contribution in [2.24, 2.45) is 5.10 Å². The van der Waals surface area contributed by atoms with E-state index in [0.29, 0.717) is 27.7 Å². The molecule has 0 aliphatic carbocycles. The summed E-state index contributed by atoms with van der Waals surface area (Å²) in [4.78, 5) is 11.9. The summed E-state index contributed by atoms with van der Waals surface area (Å²) in [5.41, 5.74) is 4.78. The first-order valence-corrected chi connectivity index (χ1v) is 7.83. The number of aryl methyl sites for hydroxylation is 1. The van der Waals surface area contributed by atoms with E-state index in [1.165, 1.54) is 23.0 Å². The number of rotatable bonds is 4. The van der Waals surface area contributed by atoms with Gasteiger partial charge in [0.05, 0.1) is 23.2 Å². The summed E-state index contributed by atoms with van der Waals surface area (Å²) >= 11 is 6.34. The minimum Gasteiger partial charge on any atom is -0.267 e. The van der Waals surface area contributed by atoms with Crippen molar-refractivity contribution in [1.82, 2.24) is 15.2 Å². The van der Waals surface area contributed by atoms with Gasteiger partial charge in [-0.05, 0) is 43.3 Å². The highest BCUT2D eigenvalue weighted by molar-refractivity contribution is 6.32. The van der Waals surface area contributed by atoms with Gasteiger partial charge in [-0.2, -0.15) is 10.2 Å². The van der Waals surface area contributed by atoms with Gasteiger partial charge in [0, 0.05) is 5.56 Å². The minimum absolute atomic E-state index is 0.321. The van der Waals surface area contributed by atoms with Gasteiger partial charge in [0.25, 0.3) is 5.91 Å². The van der Waals surface area contributed by atoms with E-state index in [1.54, 1.807) is 43.3 Å². The zero-order valence-electron chi connectivity index (χ0n) is 13.3. The maximum atomic E-state index is 13.0. The van der Waals surface area contributed by atoms with E-state index in [2.05, 4.69) is 15.6 Å². The van der Waals surface area contributed by atoms with Crippen LogP contribution in [0.3, 0.4) is 0 Å². The third-order valence-corrected chi connectivity index (χ3v) is 3.88. The predicted molar refractivity (Wildman–Crippen MR) is 94.8 cm³/mol. The van der Waals surface area contributed by atoms with Gasteiger partial charge in [0.2, 0.25) is 0 Å². The molecule has 0 unspecified atom stereocenters. The molecule has 0 fully saturated rings. The maximum absolute atomic E-state index is 13.0. The number of hydrogen-bond acceptors (Lipinski definition) is 3. The molecule has 3 aromatic rings. The van der Waals surface area contributed by atoms with Gasteiger partial charge in [0.1, 0.15) is 11.0 Å². The van der Waals surface area contributed by atoms with Crippen LogP contribution < -0.4 is 5.43 Å². The lowest BCUT2D eigenvalue weighted by Gasteiger charge is -2.02. The van der Waals surface area contributed by atoms with Gasteiger partial charge >= 0.3 is 0 Å². The summed E-state index contributed by atoms with van der Waals surface area (Å²) in [6.45, 7) is 1.77. The summed E-state index contributed by atoms with van der Waals surface area (Å²) in [6, 6.07) is 14.6. The van der Waals surface area contributed by atoms with E-state index in [9.17, 15) is 9.18 Å². The molecule has 5 nitrogen and oxygen atoms in total. The van der Waals surface area contributed by atoms with Crippen LogP contribution in [0.5, 0.6) is 0 Å². The molecule has 0 saturated carbocycles. The fourth-order valence-corrected chi connectivity index (χ4v) is 2.54. The summed E-state index contributed by atoms with van der Waals surface area (Å²) in [6.07, 6.45) is 1.44. The lowest BCUT2D eigenvalue weighted by atomic mass is 10.2. The second-order valence-electron chi connectivity index (χ2n) is 5.24. The van der Waals surface area contributed by atoms with Gasteiger partial charge in [-0.25, -0.2) is 14.5 Å². The van der Waals surface area contributed by atoms with Gasteiger partial charge in [-0.15, -0.1) is 0 Å². The molecule has 0 aliphatic rings. The topological polar surface area (TPSA) is 59.3 Å². The van der Waals surface area contributed by atoms with Crippen molar-refractivity contribution in [2.45, 2.75) is 6.92 Å². The Balaban J connectivity index is 1.79. The average Bonchev–Trinajstić information content (AvgIpc) is 2.91. The number of nitrogens with one attached hydrogen (secondary N) is 1. The lowest BCUT2D eigenvalue weighted by molar-refractivity contribution is 0.0955. The second-order valence-corrected chi connectivity index (χ2v) is 5.60. The molecule has 25 heavy (non-hydrogen) atoms. The number of hydrazone groups is 1. The summed E-state index contributed by atoms with van der Waals surface area (Å²) in [7, 11) is 0. The molecule has 0 saturated heterocycles. The Bertz CT molecular complexity index is 920. The molecule has 0 radical (unpaired) electrons. The monoisotopic (exact) mass is 356 g/mol. The van der Waals surface area contributed by atoms with Crippen LogP contribution >= 0.6 is 11.6 Å². The van der Waals surface area contributed by atoms with Gasteiger partial charge in [0.15, 0.2) is 0 Å². The van der Waals surface area contributed by atoms with E-state index in [0.717, 1.165) is 0 Å². The van der Waals surface area contributed by atoms with Crippen molar-refractivity contribution < 1.29 is 9.18 Å². The molecule has 126 valence electrons. The van der Waals surface area contributed by atoms with Crippen LogP contribution in [-0.2, 0) is 0 Å². The van der Waals surface area contributed by atoms with Crippen molar-refractivity contribution in [1.29, 1.82) is 0 Å². The Morgan fingerprint density at radius 3 is 2.56 bits per heavy atom. The average molecular weight is 357 g/mol. The van der Waals surface area contributed by atoms with Gasteiger partial charge in [-0.1, -0.05) is 29.8 Å². The number of carbonyl (C=O) groups excluding carboxylic acids is 1. The first kappa shape index (κ1) is 16.9. The van der Waals surface area contributed by atoms with Crippen LogP contribution in [0.25, 0.3) is 5.69 Å². The molecule has 1 amide bonds. The first-order valence-electron chi connectivity index (χ1n) is 7.46. The maximum Gasteiger partial charge on any atom is 0.271 e. The summed E-state index contributed by atoms with van der Waals surface area (Å²) in [5, 5.41) is 8.58. The number of carbonyl (C=O) groups is 1. The van der Waals surface area contributed by atoms with Gasteiger partial charge < -0.3 is 0 Å². The normalized spacial score (nSPS) is 11.0. The number of benzene rings is 2. The van der Waals surface area contributed by atoms with E-state index in [4.69, 9.17) is 11.6 Å². The van der Waals surface area contributed by atoms with E-state index in [-0.39, 0.29) is 11.7 Å². The lowest BCUT2D eigenvalue weighted by Crippen LogP contribution is -2.17. The van der Waals surface area contributed by atoms with Crippen molar-refractivity contribution in [3.05, 3.63) is 82.4 Å². The quantitative estimate of drug-likeness (QED) is 0.572. The third-order valence-electron chi connectivity index (χ3n) is 3.51. The molecule has 3 rings (SSSR count). The highest BCUT2D eigenvalue weighted by Gasteiger charge is 2.13. The highest BCUT2D eigenvalue weighted by Crippen LogP contribution is 2.22. The molecule has 0 spiro atoms. The molecular formula is C18H14ClFN4O. The molecule has 1 N–H and O–H groups in total. The number of halogens is 2. The highest BCUT2D eigenvalue weighted by atomic mass is 35.5. The van der Waals surface area contributed by atoms with Crippen LogP contribution in [0.15, 0.2) is 59.7 Å². The first-order chi connectivity index (χ1) is 12.1. The molecular weight excluding hydrogens is 343 g/mol. The third kappa shape index (κ3) is 3.75. The predicted octanol–water partition coefficient (Wildman–Crippen LogP) is 3.74. The van der Waals surface area contributed by atoms with Crippen molar-refractivity contribution in [2.75, 3.05) is 0 Å². The second kappa shape index (κ2) is 7.27. The van der Waals surface area contributed by atoms with Crippen LogP contribution in [0.4, 0.5) is 4.39 Å². The Hall–Kier alpha value is -2.99. The van der Waals surface area contributed by atoms with Crippen LogP contribution in [0.1, 0.15) is 21.6 Å². The fourth-order valence-electron chi connectivity index (χ4n) is 2.22. The molecule has 1 aromatic heterocycles. The minimum atomic E-state index is -0.339. The van der Waals surface area contributed by atoms with Crippen LogP contribution in [0.2, 0.25) is 5.15 Å². The zero-order chi connectivity index (χ0) is 17.8. The van der Waals surface area contributed by atoms with Crippen molar-refractivity contribution >= 4 is 23.7 Å². The standard InChI is InChI=1S/C18H14ClFN4O/c1-12-16(11-21-22-18(25)13-5-3-2-4-6-13)17(19)24(23-12)15-9-7-14(20)8-10-15/h2-11H,1H3,(H,22,25)/b21-11-. The van der Waals surface area contributed by atoms with Crippen molar-refractivity contribution in [3.8, 4) is 5.69 Å². The van der Waals surface area contributed by atoms with Crippen molar-refractivity contribution in [3.63, 3.8) is 0 Å². The Kier molecular flexibility index (Phi) is 4.90. The number of hydrogen-bond donors (Lipinski definition) is 1. The molecule has 1 heterocycles. The molecule has 0 aliphatic heterocycles. The van der Waals surface area contributed by atoms with E-state index in [1.807, 2.05) is 6.07 Å². The Labute approximate surface area is 148 Å². The Morgan fingerprint density at radius 2 is 1.88 bits per heavy atom.